The van der Waals surface area contributed by atoms with Crippen molar-refractivity contribution in [3.63, 3.8) is 0 Å². The number of anilines is 2. The zero-order chi connectivity index (χ0) is 36.0. The molecule has 2 aliphatic rings. The van der Waals surface area contributed by atoms with Gasteiger partial charge in [-0.1, -0.05) is 42.5 Å². The number of fused-ring (bicyclic) bond motifs is 2. The molecule has 0 atom stereocenters. The fourth-order valence-corrected chi connectivity index (χ4v) is 6.57. The normalized spacial score (nSPS) is 13.8. The summed E-state index contributed by atoms with van der Waals surface area (Å²) in [5.74, 6) is 2.47. The molecule has 1 N–H and O–H groups in total. The number of nitrogens with zero attached hydrogens (tertiary/aromatic N) is 6. The van der Waals surface area contributed by atoms with Crippen LogP contribution in [0.3, 0.4) is 0 Å². The average molecular weight is 700 g/mol. The molecule has 0 bridgehead atoms. The van der Waals surface area contributed by atoms with Gasteiger partial charge in [-0.05, 0) is 76.7 Å². The summed E-state index contributed by atoms with van der Waals surface area (Å²) in [5, 5.41) is 16.3. The molecule has 5 aromatic rings. The molecule has 0 radical (unpaired) electrons. The number of tetrazole rings is 1. The smallest absolute Gasteiger partial charge is 0.249 e. The van der Waals surface area contributed by atoms with Crippen LogP contribution in [0.4, 0.5) is 11.4 Å². The Morgan fingerprint density at radius 1 is 0.865 bits per heavy atom. The van der Waals surface area contributed by atoms with Crippen LogP contribution in [-0.2, 0) is 24.2 Å². The SMILES string of the molecule is COc1cc2c(cc1OC)CN(CCc1ccc(-n3nnc(-c4cc(OC)c(OC)cc4NC(=O)/C=C\N4CC=Cc5ccccc54)n3)cc1)CC2. The van der Waals surface area contributed by atoms with E-state index in [2.05, 4.69) is 62.0 Å². The first-order valence-corrected chi connectivity index (χ1v) is 17.1. The molecule has 12 heteroatoms. The first-order valence-electron chi connectivity index (χ1n) is 17.1. The van der Waals surface area contributed by atoms with Gasteiger partial charge in [0, 0.05) is 50.2 Å². The molecule has 0 saturated heterocycles. The summed E-state index contributed by atoms with van der Waals surface area (Å²) in [6, 6.07) is 23.8. The monoisotopic (exact) mass is 699 g/mol. The number of carbonyl (C=O) groups excluding carboxylic acids is 1. The minimum Gasteiger partial charge on any atom is -0.493 e. The van der Waals surface area contributed by atoms with Crippen LogP contribution in [0.5, 0.6) is 23.0 Å². The Morgan fingerprint density at radius 2 is 1.58 bits per heavy atom. The lowest BCUT2D eigenvalue weighted by atomic mass is 9.98. The maximum atomic E-state index is 13.2. The van der Waals surface area contributed by atoms with Crippen LogP contribution in [0.2, 0.25) is 0 Å². The molecule has 1 aromatic heterocycles. The minimum atomic E-state index is -0.322. The number of nitrogens with one attached hydrogen (secondary N) is 1. The highest BCUT2D eigenvalue weighted by molar-refractivity contribution is 6.02. The second-order valence-electron chi connectivity index (χ2n) is 12.5. The number of benzene rings is 4. The van der Waals surface area contributed by atoms with Gasteiger partial charge in [0.05, 0.1) is 45.4 Å². The quantitative estimate of drug-likeness (QED) is 0.157. The van der Waals surface area contributed by atoms with Crippen LogP contribution in [0.25, 0.3) is 23.2 Å². The van der Waals surface area contributed by atoms with Crippen LogP contribution < -0.4 is 29.2 Å². The molecule has 0 unspecified atom stereocenters. The van der Waals surface area contributed by atoms with Crippen LogP contribution in [-0.4, -0.2) is 79.1 Å². The van der Waals surface area contributed by atoms with Crippen molar-refractivity contribution in [1.29, 1.82) is 0 Å². The number of ether oxygens (including phenoxy) is 4. The Bertz CT molecular complexity index is 2130. The molecular formula is C40H41N7O5. The molecule has 0 aliphatic carbocycles. The summed E-state index contributed by atoms with van der Waals surface area (Å²) in [6.45, 7) is 3.46. The van der Waals surface area contributed by atoms with Gasteiger partial charge in [0.25, 0.3) is 0 Å². The summed E-state index contributed by atoms with van der Waals surface area (Å²) >= 11 is 0. The van der Waals surface area contributed by atoms with Gasteiger partial charge in [-0.2, -0.15) is 0 Å². The second-order valence-corrected chi connectivity index (χ2v) is 12.5. The first kappa shape index (κ1) is 34.3. The summed E-state index contributed by atoms with van der Waals surface area (Å²) in [6.07, 6.45) is 9.30. The lowest BCUT2D eigenvalue weighted by molar-refractivity contribution is -0.111. The fourth-order valence-electron chi connectivity index (χ4n) is 6.57. The van der Waals surface area contributed by atoms with Crippen LogP contribution in [0.1, 0.15) is 22.3 Å². The average Bonchev–Trinajstić information content (AvgIpc) is 3.68. The fraction of sp³-hybridized carbons (Fsp3) is 0.250. The number of hydrogen-bond acceptors (Lipinski definition) is 10. The maximum Gasteiger partial charge on any atom is 0.249 e. The van der Waals surface area contributed by atoms with E-state index in [1.54, 1.807) is 46.8 Å². The summed E-state index contributed by atoms with van der Waals surface area (Å²) in [7, 11) is 6.44. The van der Waals surface area contributed by atoms with Crippen LogP contribution in [0.15, 0.2) is 91.1 Å². The lowest BCUT2D eigenvalue weighted by Crippen LogP contribution is -2.32. The van der Waals surface area contributed by atoms with Crippen molar-refractivity contribution in [2.45, 2.75) is 19.4 Å². The van der Waals surface area contributed by atoms with E-state index < -0.39 is 0 Å². The van der Waals surface area contributed by atoms with Gasteiger partial charge in [0.2, 0.25) is 11.7 Å². The number of aromatic nitrogens is 4. The van der Waals surface area contributed by atoms with E-state index in [4.69, 9.17) is 18.9 Å². The van der Waals surface area contributed by atoms with Crippen molar-refractivity contribution in [2.24, 2.45) is 0 Å². The van der Waals surface area contributed by atoms with E-state index in [1.165, 1.54) is 27.6 Å². The van der Waals surface area contributed by atoms with Crippen molar-refractivity contribution in [1.82, 2.24) is 25.1 Å². The molecule has 7 rings (SSSR count). The highest BCUT2D eigenvalue weighted by Crippen LogP contribution is 2.38. The molecular weight excluding hydrogens is 658 g/mol. The number of carbonyl (C=O) groups is 1. The van der Waals surface area contributed by atoms with Gasteiger partial charge in [-0.25, -0.2) is 0 Å². The third-order valence-electron chi connectivity index (χ3n) is 9.37. The molecule has 4 aromatic carbocycles. The number of amides is 1. The molecule has 2 aliphatic heterocycles. The van der Waals surface area contributed by atoms with Crippen molar-refractivity contribution < 1.29 is 23.7 Å². The summed E-state index contributed by atoms with van der Waals surface area (Å²) in [5.41, 5.74) is 7.69. The largest absolute Gasteiger partial charge is 0.493 e. The van der Waals surface area contributed by atoms with E-state index in [9.17, 15) is 4.79 Å². The Balaban J connectivity index is 1.03. The third kappa shape index (κ3) is 7.33. The van der Waals surface area contributed by atoms with E-state index >= 15 is 0 Å². The topological polar surface area (TPSA) is 116 Å². The van der Waals surface area contributed by atoms with Crippen LogP contribution >= 0.6 is 0 Å². The highest BCUT2D eigenvalue weighted by atomic mass is 16.5. The van der Waals surface area contributed by atoms with E-state index in [0.717, 1.165) is 60.9 Å². The molecule has 0 fully saturated rings. The van der Waals surface area contributed by atoms with Gasteiger partial charge in [0.1, 0.15) is 0 Å². The third-order valence-corrected chi connectivity index (χ3v) is 9.37. The van der Waals surface area contributed by atoms with Gasteiger partial charge in [-0.3, -0.25) is 9.69 Å². The van der Waals surface area contributed by atoms with Crippen molar-refractivity contribution >= 4 is 23.4 Å². The van der Waals surface area contributed by atoms with Gasteiger partial charge < -0.3 is 29.2 Å². The number of methoxy groups -OCH3 is 4. The van der Waals surface area contributed by atoms with E-state index in [-0.39, 0.29) is 5.91 Å². The van der Waals surface area contributed by atoms with Crippen molar-refractivity contribution in [2.75, 3.05) is 58.3 Å². The predicted octanol–water partition coefficient (Wildman–Crippen LogP) is 5.95. The van der Waals surface area contributed by atoms with E-state index in [0.29, 0.717) is 35.1 Å². The Kier molecular flexibility index (Phi) is 10.2. The van der Waals surface area contributed by atoms with Crippen LogP contribution in [0, 0.1) is 0 Å². The standard InChI is InChI=1S/C40H41N7O5/c1-49-35-22-29-16-20-45(26-30(29)23-36(35)50-2)19-15-27-11-13-31(14-12-27)47-43-40(42-44-47)32-24-37(51-3)38(52-4)25-33(32)41-39(48)17-21-46-18-7-9-28-8-5-6-10-34(28)46/h5-14,17,21-25H,15-16,18-20,26H2,1-4H3,(H,41,48)/b21-17-. The number of para-hydroxylation sites is 1. The molecule has 1 amide bonds. The highest BCUT2D eigenvalue weighted by Gasteiger charge is 2.21. The second kappa shape index (κ2) is 15.4. The summed E-state index contributed by atoms with van der Waals surface area (Å²) in [4.78, 5) is 19.2. The van der Waals surface area contributed by atoms with Crippen molar-refractivity contribution in [3.05, 3.63) is 113 Å². The molecule has 12 nitrogen and oxygen atoms in total. The molecule has 0 spiro atoms. The maximum absolute atomic E-state index is 13.2. The molecule has 266 valence electrons. The summed E-state index contributed by atoms with van der Waals surface area (Å²) < 4.78 is 22.1. The van der Waals surface area contributed by atoms with Gasteiger partial charge in [0.15, 0.2) is 23.0 Å². The van der Waals surface area contributed by atoms with Crippen molar-refractivity contribution in [3.8, 4) is 40.1 Å². The molecule has 3 heterocycles. The number of hydrogen-bond donors (Lipinski definition) is 1. The zero-order valence-corrected chi connectivity index (χ0v) is 29.7. The first-order chi connectivity index (χ1) is 25.5. The number of rotatable bonds is 12. The van der Waals surface area contributed by atoms with Gasteiger partial charge in [-0.15, -0.1) is 15.0 Å². The zero-order valence-electron chi connectivity index (χ0n) is 29.7. The Morgan fingerprint density at radius 3 is 2.35 bits per heavy atom. The Labute approximate surface area is 302 Å². The lowest BCUT2D eigenvalue weighted by Gasteiger charge is -2.29. The minimum absolute atomic E-state index is 0.319. The molecule has 52 heavy (non-hydrogen) atoms. The molecule has 0 saturated carbocycles. The Hall–Kier alpha value is -6.14. The van der Waals surface area contributed by atoms with Gasteiger partial charge >= 0.3 is 0 Å². The van der Waals surface area contributed by atoms with E-state index in [1.807, 2.05) is 41.3 Å². The predicted molar refractivity (Wildman–Crippen MR) is 201 cm³/mol.